The predicted octanol–water partition coefficient (Wildman–Crippen LogP) is 17.1. The van der Waals surface area contributed by atoms with Crippen LogP contribution in [-0.2, 0) is 28.6 Å². The number of rotatable bonds is 48. The molecule has 0 fully saturated rings. The summed E-state index contributed by atoms with van der Waals surface area (Å²) in [4.78, 5) is 38.0. The molecule has 0 N–H and O–H groups in total. The highest BCUT2D eigenvalue weighted by Gasteiger charge is 2.19. The van der Waals surface area contributed by atoms with E-state index in [-0.39, 0.29) is 31.1 Å². The molecule has 350 valence electrons. The van der Waals surface area contributed by atoms with Crippen LogP contribution in [0.3, 0.4) is 0 Å². The first-order chi connectivity index (χ1) is 28.9. The lowest BCUT2D eigenvalue weighted by atomic mass is 9.99. The second kappa shape index (κ2) is 47.5. The molecule has 0 aromatic heterocycles. The van der Waals surface area contributed by atoms with E-state index in [0.29, 0.717) is 19.3 Å². The molecule has 0 aromatic carbocycles. The van der Waals surface area contributed by atoms with Crippen LogP contribution >= 0.6 is 0 Å². The first-order valence-corrected chi connectivity index (χ1v) is 26.4. The quantitative estimate of drug-likeness (QED) is 0.0345. The summed E-state index contributed by atoms with van der Waals surface area (Å²) in [5, 5.41) is 0. The van der Waals surface area contributed by atoms with Crippen molar-refractivity contribution in [2.75, 3.05) is 13.2 Å². The zero-order chi connectivity index (χ0) is 43.1. The lowest BCUT2D eigenvalue weighted by molar-refractivity contribution is -0.167. The Morgan fingerprint density at radius 2 is 0.593 bits per heavy atom. The largest absolute Gasteiger partial charge is 0.462 e. The van der Waals surface area contributed by atoms with Gasteiger partial charge in [-0.1, -0.05) is 259 Å². The molecule has 0 saturated heterocycles. The average Bonchev–Trinajstić information content (AvgIpc) is 3.23. The molecule has 0 radical (unpaired) electrons. The van der Waals surface area contributed by atoms with Crippen molar-refractivity contribution in [3.05, 3.63) is 0 Å². The van der Waals surface area contributed by atoms with E-state index in [9.17, 15) is 14.4 Å². The van der Waals surface area contributed by atoms with E-state index in [1.54, 1.807) is 0 Å². The lowest BCUT2D eigenvalue weighted by Crippen LogP contribution is -2.30. The van der Waals surface area contributed by atoms with Crippen LogP contribution in [-0.4, -0.2) is 37.2 Å². The van der Waals surface area contributed by atoms with Gasteiger partial charge >= 0.3 is 17.9 Å². The summed E-state index contributed by atoms with van der Waals surface area (Å²) in [6.07, 6.45) is 49.3. The number of hydrogen-bond acceptors (Lipinski definition) is 6. The Hall–Kier alpha value is -1.59. The first kappa shape index (κ1) is 57.4. The Bertz CT molecular complexity index is 889. The molecule has 2 atom stereocenters. The molecule has 0 bridgehead atoms. The molecule has 0 saturated carbocycles. The van der Waals surface area contributed by atoms with Crippen LogP contribution in [0.1, 0.15) is 297 Å². The fourth-order valence-electron chi connectivity index (χ4n) is 8.01. The van der Waals surface area contributed by atoms with E-state index in [2.05, 4.69) is 27.7 Å². The summed E-state index contributed by atoms with van der Waals surface area (Å²) in [6, 6.07) is 0. The molecular formula is C53H102O6. The summed E-state index contributed by atoms with van der Waals surface area (Å²) >= 11 is 0. The van der Waals surface area contributed by atoms with Gasteiger partial charge in [0.2, 0.25) is 0 Å². The first-order valence-electron chi connectivity index (χ1n) is 26.4. The molecule has 6 heteroatoms. The highest BCUT2D eigenvalue weighted by molar-refractivity contribution is 5.71. The van der Waals surface area contributed by atoms with Crippen LogP contribution < -0.4 is 0 Å². The number of ether oxygens (including phenoxy) is 3. The van der Waals surface area contributed by atoms with Crippen molar-refractivity contribution in [1.29, 1.82) is 0 Å². The van der Waals surface area contributed by atoms with Crippen molar-refractivity contribution in [2.24, 2.45) is 5.92 Å². The number of hydrogen-bond donors (Lipinski definition) is 0. The molecule has 6 nitrogen and oxygen atoms in total. The van der Waals surface area contributed by atoms with Gasteiger partial charge in [0.05, 0.1) is 0 Å². The van der Waals surface area contributed by atoms with Crippen molar-refractivity contribution in [3.8, 4) is 0 Å². The van der Waals surface area contributed by atoms with Gasteiger partial charge in [0, 0.05) is 19.3 Å². The number of carbonyl (C=O) groups is 3. The van der Waals surface area contributed by atoms with Gasteiger partial charge in [0.25, 0.3) is 0 Å². The highest BCUT2D eigenvalue weighted by atomic mass is 16.6. The van der Waals surface area contributed by atoms with Crippen molar-refractivity contribution >= 4 is 17.9 Å². The minimum Gasteiger partial charge on any atom is -0.462 e. The highest BCUT2D eigenvalue weighted by Crippen LogP contribution is 2.18. The topological polar surface area (TPSA) is 78.9 Å². The molecule has 0 heterocycles. The second-order valence-electron chi connectivity index (χ2n) is 18.4. The Morgan fingerprint density at radius 1 is 0.339 bits per heavy atom. The monoisotopic (exact) mass is 835 g/mol. The predicted molar refractivity (Wildman–Crippen MR) is 252 cm³/mol. The van der Waals surface area contributed by atoms with Gasteiger partial charge in [-0.25, -0.2) is 0 Å². The van der Waals surface area contributed by atoms with E-state index in [1.165, 1.54) is 193 Å². The average molecular weight is 835 g/mol. The Labute approximate surface area is 368 Å². The van der Waals surface area contributed by atoms with Crippen LogP contribution in [0.2, 0.25) is 0 Å². The fraction of sp³-hybridized carbons (Fsp3) is 0.943. The Morgan fingerprint density at radius 3 is 0.881 bits per heavy atom. The molecule has 0 aliphatic rings. The van der Waals surface area contributed by atoms with E-state index in [0.717, 1.165) is 63.7 Å². The van der Waals surface area contributed by atoms with E-state index in [1.807, 2.05) is 0 Å². The molecule has 0 aliphatic heterocycles. The third-order valence-corrected chi connectivity index (χ3v) is 12.4. The standard InChI is InChI=1S/C53H102O6/c1-5-8-10-12-14-16-18-20-22-23-28-32-36-40-44-51(54)57-47-50(59-53(56)46-42-38-34-30-24-21-19-17-15-13-11-9-6-2)48-58-52(55)45-41-37-33-29-26-25-27-31-35-39-43-49(4)7-3/h49-50H,5-48H2,1-4H3/t49?,50-/m1/s1. The smallest absolute Gasteiger partial charge is 0.306 e. The molecule has 0 spiro atoms. The summed E-state index contributed by atoms with van der Waals surface area (Å²) < 4.78 is 16.8. The summed E-state index contributed by atoms with van der Waals surface area (Å²) in [6.45, 7) is 9.05. The third-order valence-electron chi connectivity index (χ3n) is 12.4. The maximum absolute atomic E-state index is 12.8. The SMILES string of the molecule is CCCCCCCCCCCCCCCCC(=O)OC[C@H](COC(=O)CCCCCCCCCCCCC(C)CC)OC(=O)CCCCCCCCCCCCCCC. The molecule has 0 rings (SSSR count). The lowest BCUT2D eigenvalue weighted by Gasteiger charge is -2.18. The molecule has 1 unspecified atom stereocenters. The number of esters is 3. The van der Waals surface area contributed by atoms with Crippen molar-refractivity contribution in [3.63, 3.8) is 0 Å². The summed E-state index contributed by atoms with van der Waals surface area (Å²) in [5.41, 5.74) is 0. The van der Waals surface area contributed by atoms with Crippen LogP contribution in [0.15, 0.2) is 0 Å². The van der Waals surface area contributed by atoms with Crippen molar-refractivity contribution < 1.29 is 28.6 Å². The number of carbonyl (C=O) groups excluding carboxylic acids is 3. The maximum Gasteiger partial charge on any atom is 0.306 e. The van der Waals surface area contributed by atoms with Crippen LogP contribution in [0, 0.1) is 5.92 Å². The van der Waals surface area contributed by atoms with Gasteiger partial charge in [0.15, 0.2) is 6.10 Å². The Balaban J connectivity index is 4.32. The van der Waals surface area contributed by atoms with Gasteiger partial charge in [-0.2, -0.15) is 0 Å². The number of unbranched alkanes of at least 4 members (excludes halogenated alkanes) is 34. The normalized spacial score (nSPS) is 12.4. The van der Waals surface area contributed by atoms with Crippen LogP contribution in [0.5, 0.6) is 0 Å². The van der Waals surface area contributed by atoms with Crippen molar-refractivity contribution in [1.82, 2.24) is 0 Å². The summed E-state index contributed by atoms with van der Waals surface area (Å²) in [7, 11) is 0. The zero-order valence-electron chi connectivity index (χ0n) is 40.2. The van der Waals surface area contributed by atoms with Crippen LogP contribution in [0.25, 0.3) is 0 Å². The van der Waals surface area contributed by atoms with E-state index >= 15 is 0 Å². The van der Waals surface area contributed by atoms with Gasteiger partial charge in [-0.3, -0.25) is 14.4 Å². The minimum absolute atomic E-state index is 0.0626. The zero-order valence-corrected chi connectivity index (χ0v) is 40.2. The van der Waals surface area contributed by atoms with Gasteiger partial charge in [0.1, 0.15) is 13.2 Å². The Kier molecular flexibility index (Phi) is 46.2. The minimum atomic E-state index is -0.760. The molecule has 59 heavy (non-hydrogen) atoms. The van der Waals surface area contributed by atoms with E-state index < -0.39 is 6.10 Å². The second-order valence-corrected chi connectivity index (χ2v) is 18.4. The van der Waals surface area contributed by atoms with E-state index in [4.69, 9.17) is 14.2 Å². The van der Waals surface area contributed by atoms with Gasteiger partial charge < -0.3 is 14.2 Å². The maximum atomic E-state index is 12.8. The van der Waals surface area contributed by atoms with Crippen LogP contribution in [0.4, 0.5) is 0 Å². The van der Waals surface area contributed by atoms with Crippen molar-refractivity contribution in [2.45, 2.75) is 303 Å². The molecule has 0 aliphatic carbocycles. The summed E-state index contributed by atoms with van der Waals surface area (Å²) in [5.74, 6) is 0.0272. The third kappa shape index (κ3) is 45.8. The van der Waals surface area contributed by atoms with Gasteiger partial charge in [-0.05, 0) is 25.2 Å². The molecular weight excluding hydrogens is 733 g/mol. The molecule has 0 aromatic rings. The van der Waals surface area contributed by atoms with Gasteiger partial charge in [-0.15, -0.1) is 0 Å². The fourth-order valence-corrected chi connectivity index (χ4v) is 8.01. The molecule has 0 amide bonds.